The van der Waals surface area contributed by atoms with E-state index in [9.17, 15) is 8.78 Å². The van der Waals surface area contributed by atoms with Crippen molar-refractivity contribution in [3.63, 3.8) is 0 Å². The predicted octanol–water partition coefficient (Wildman–Crippen LogP) is 4.17. The molecule has 2 heterocycles. The fraction of sp³-hybridized carbons (Fsp3) is 0.600. The first-order valence-corrected chi connectivity index (χ1v) is 11.1. The van der Waals surface area contributed by atoms with Crippen LogP contribution in [0.5, 0.6) is 5.75 Å². The lowest BCUT2D eigenvalue weighted by molar-refractivity contribution is 0.164. The SMILES string of the molecule is CSc1cc(F)c(OCCN(C)C2CCN(c3nc(C(C)C)no3)CC2)c(F)c1. The van der Waals surface area contributed by atoms with Crippen molar-refractivity contribution in [3.05, 3.63) is 29.6 Å². The van der Waals surface area contributed by atoms with Crippen molar-refractivity contribution in [2.24, 2.45) is 0 Å². The number of hydrogen-bond acceptors (Lipinski definition) is 7. The van der Waals surface area contributed by atoms with Crippen LogP contribution < -0.4 is 9.64 Å². The lowest BCUT2D eigenvalue weighted by Gasteiger charge is -2.35. The van der Waals surface area contributed by atoms with E-state index in [-0.39, 0.29) is 18.3 Å². The van der Waals surface area contributed by atoms with Crippen molar-refractivity contribution in [3.8, 4) is 5.75 Å². The first kappa shape index (κ1) is 21.8. The van der Waals surface area contributed by atoms with Gasteiger partial charge in [0.1, 0.15) is 6.61 Å². The summed E-state index contributed by atoms with van der Waals surface area (Å²) >= 11 is 1.29. The number of aromatic nitrogens is 2. The number of thioether (sulfide) groups is 1. The largest absolute Gasteiger partial charge is 0.486 e. The smallest absolute Gasteiger partial charge is 0.324 e. The standard InChI is InChI=1S/C20H28F2N4O2S/c1-13(2)19-23-20(28-24-19)26-7-5-14(6-8-26)25(3)9-10-27-18-16(21)11-15(29-4)12-17(18)22/h11-14H,5-10H2,1-4H3. The fourth-order valence-electron chi connectivity index (χ4n) is 3.35. The third kappa shape index (κ3) is 5.39. The first-order chi connectivity index (χ1) is 13.9. The highest BCUT2D eigenvalue weighted by Crippen LogP contribution is 2.27. The Morgan fingerprint density at radius 3 is 2.48 bits per heavy atom. The number of ether oxygens (including phenoxy) is 1. The zero-order chi connectivity index (χ0) is 21.0. The van der Waals surface area contributed by atoms with Gasteiger partial charge < -0.3 is 14.2 Å². The van der Waals surface area contributed by atoms with Crippen molar-refractivity contribution in [2.75, 3.05) is 44.4 Å². The summed E-state index contributed by atoms with van der Waals surface area (Å²) in [5.41, 5.74) is 0. The molecule has 1 fully saturated rings. The van der Waals surface area contributed by atoms with E-state index in [0.717, 1.165) is 31.8 Å². The van der Waals surface area contributed by atoms with Gasteiger partial charge >= 0.3 is 6.01 Å². The first-order valence-electron chi connectivity index (χ1n) is 9.83. The molecule has 3 rings (SSSR count). The Kier molecular flexibility index (Phi) is 7.34. The molecule has 160 valence electrons. The second kappa shape index (κ2) is 9.75. The Hall–Kier alpha value is -1.87. The zero-order valence-electron chi connectivity index (χ0n) is 17.3. The van der Waals surface area contributed by atoms with Crippen LogP contribution in [0.25, 0.3) is 0 Å². The molecule has 0 N–H and O–H groups in total. The average molecular weight is 427 g/mol. The van der Waals surface area contributed by atoms with Gasteiger partial charge in [-0.3, -0.25) is 4.90 Å². The van der Waals surface area contributed by atoms with Crippen LogP contribution in [-0.4, -0.2) is 60.6 Å². The lowest BCUT2D eigenvalue weighted by atomic mass is 10.0. The van der Waals surface area contributed by atoms with Crippen LogP contribution in [0.4, 0.5) is 14.8 Å². The molecule has 6 nitrogen and oxygen atoms in total. The number of likely N-dealkylation sites (N-methyl/N-ethyl adjacent to an activating group) is 1. The summed E-state index contributed by atoms with van der Waals surface area (Å²) in [4.78, 5) is 9.28. The molecule has 0 radical (unpaired) electrons. The maximum atomic E-state index is 14.0. The van der Waals surface area contributed by atoms with Crippen LogP contribution in [-0.2, 0) is 0 Å². The van der Waals surface area contributed by atoms with Gasteiger partial charge in [-0.2, -0.15) is 4.98 Å². The fourth-order valence-corrected chi connectivity index (χ4v) is 3.80. The normalized spacial score (nSPS) is 15.5. The molecular weight excluding hydrogens is 398 g/mol. The molecule has 0 amide bonds. The van der Waals surface area contributed by atoms with Crippen LogP contribution in [0.1, 0.15) is 38.4 Å². The molecule has 0 unspecified atom stereocenters. The van der Waals surface area contributed by atoms with E-state index in [0.29, 0.717) is 23.5 Å². The number of rotatable bonds is 8. The van der Waals surface area contributed by atoms with E-state index in [1.54, 1.807) is 6.26 Å². The molecule has 2 aromatic rings. The number of benzene rings is 1. The number of piperidine rings is 1. The lowest BCUT2D eigenvalue weighted by Crippen LogP contribution is -2.44. The van der Waals surface area contributed by atoms with Crippen LogP contribution in [0.2, 0.25) is 0 Å². The minimum absolute atomic E-state index is 0.227. The molecule has 0 saturated carbocycles. The average Bonchev–Trinajstić information content (AvgIpc) is 3.20. The highest BCUT2D eigenvalue weighted by Gasteiger charge is 2.26. The van der Waals surface area contributed by atoms with Gasteiger partial charge in [-0.05, 0) is 38.3 Å². The van der Waals surface area contributed by atoms with Crippen LogP contribution in [0.3, 0.4) is 0 Å². The maximum absolute atomic E-state index is 14.0. The summed E-state index contributed by atoms with van der Waals surface area (Å²) in [6.07, 6.45) is 3.67. The summed E-state index contributed by atoms with van der Waals surface area (Å²) in [6.45, 7) is 6.54. The van der Waals surface area contributed by atoms with E-state index in [2.05, 4.69) is 19.9 Å². The predicted molar refractivity (Wildman–Crippen MR) is 110 cm³/mol. The van der Waals surface area contributed by atoms with E-state index in [4.69, 9.17) is 9.26 Å². The topological polar surface area (TPSA) is 54.6 Å². The summed E-state index contributed by atoms with van der Waals surface area (Å²) in [7, 11) is 2.01. The Labute approximate surface area is 174 Å². The number of hydrogen-bond donors (Lipinski definition) is 0. The number of anilines is 1. The third-order valence-electron chi connectivity index (χ3n) is 5.20. The quantitative estimate of drug-likeness (QED) is 0.587. The van der Waals surface area contributed by atoms with Crippen LogP contribution in [0, 0.1) is 11.6 Å². The Bertz CT molecular complexity index is 787. The molecule has 0 aliphatic carbocycles. The van der Waals surface area contributed by atoms with E-state index in [1.807, 2.05) is 20.9 Å². The van der Waals surface area contributed by atoms with Gasteiger partial charge in [0.15, 0.2) is 23.2 Å². The minimum atomic E-state index is -0.661. The van der Waals surface area contributed by atoms with Crippen LogP contribution >= 0.6 is 11.8 Å². The van der Waals surface area contributed by atoms with E-state index in [1.165, 1.54) is 23.9 Å². The van der Waals surface area contributed by atoms with E-state index < -0.39 is 11.6 Å². The third-order valence-corrected chi connectivity index (χ3v) is 5.91. The molecule has 0 spiro atoms. The second-order valence-electron chi connectivity index (χ2n) is 7.56. The summed E-state index contributed by atoms with van der Waals surface area (Å²) in [5, 5.41) is 4.02. The molecule has 1 aliphatic rings. The van der Waals surface area contributed by atoms with Gasteiger partial charge in [0.05, 0.1) is 0 Å². The Balaban J connectivity index is 1.46. The summed E-state index contributed by atoms with van der Waals surface area (Å²) in [6, 6.07) is 3.55. The van der Waals surface area contributed by atoms with Crippen molar-refractivity contribution in [2.45, 2.75) is 43.5 Å². The maximum Gasteiger partial charge on any atom is 0.324 e. The van der Waals surface area contributed by atoms with E-state index >= 15 is 0 Å². The molecule has 1 aromatic carbocycles. The molecule has 1 aliphatic heterocycles. The molecule has 9 heteroatoms. The molecule has 1 aromatic heterocycles. The Morgan fingerprint density at radius 1 is 1.28 bits per heavy atom. The monoisotopic (exact) mass is 426 g/mol. The zero-order valence-corrected chi connectivity index (χ0v) is 18.1. The highest BCUT2D eigenvalue weighted by atomic mass is 32.2. The Morgan fingerprint density at radius 2 is 1.93 bits per heavy atom. The summed E-state index contributed by atoms with van der Waals surface area (Å²) in [5.74, 6) is -0.663. The van der Waals surface area contributed by atoms with Crippen molar-refractivity contribution < 1.29 is 18.0 Å². The van der Waals surface area contributed by atoms with Crippen molar-refractivity contribution in [1.82, 2.24) is 15.0 Å². The van der Waals surface area contributed by atoms with Gasteiger partial charge in [0.25, 0.3) is 0 Å². The number of halogens is 2. The molecular formula is C20H28F2N4O2S. The minimum Gasteiger partial charge on any atom is -0.486 e. The molecule has 1 saturated heterocycles. The number of nitrogens with zero attached hydrogens (tertiary/aromatic N) is 4. The van der Waals surface area contributed by atoms with Gasteiger partial charge in [-0.15, -0.1) is 11.8 Å². The summed E-state index contributed by atoms with van der Waals surface area (Å²) < 4.78 is 38.8. The van der Waals surface area contributed by atoms with Crippen molar-refractivity contribution in [1.29, 1.82) is 0 Å². The van der Waals surface area contributed by atoms with Crippen molar-refractivity contribution >= 4 is 17.8 Å². The highest BCUT2D eigenvalue weighted by molar-refractivity contribution is 7.98. The van der Waals surface area contributed by atoms with Gasteiger partial charge in [-0.25, -0.2) is 8.78 Å². The van der Waals surface area contributed by atoms with Gasteiger partial charge in [0, 0.05) is 36.5 Å². The van der Waals surface area contributed by atoms with Gasteiger partial charge in [0.2, 0.25) is 0 Å². The van der Waals surface area contributed by atoms with Gasteiger partial charge in [-0.1, -0.05) is 19.0 Å². The van der Waals surface area contributed by atoms with Crippen LogP contribution in [0.15, 0.2) is 21.6 Å². The molecule has 0 bridgehead atoms. The molecule has 29 heavy (non-hydrogen) atoms. The molecule has 0 atom stereocenters. The second-order valence-corrected chi connectivity index (χ2v) is 8.44.